The molecule has 2 unspecified atom stereocenters. The molecule has 0 fully saturated rings. The van der Waals surface area contributed by atoms with E-state index in [1.54, 1.807) is 14.2 Å². The summed E-state index contributed by atoms with van der Waals surface area (Å²) >= 11 is 7.33. The lowest BCUT2D eigenvalue weighted by Crippen LogP contribution is -2.04. The highest BCUT2D eigenvalue weighted by Crippen LogP contribution is 2.42. The fourth-order valence-corrected chi connectivity index (χ4v) is 3.22. The van der Waals surface area contributed by atoms with E-state index >= 15 is 0 Å². The van der Waals surface area contributed by atoms with Crippen LogP contribution in [0.15, 0.2) is 16.6 Å². The van der Waals surface area contributed by atoms with Gasteiger partial charge >= 0.3 is 0 Å². The van der Waals surface area contributed by atoms with Crippen LogP contribution in [0.5, 0.6) is 11.5 Å². The van der Waals surface area contributed by atoms with Gasteiger partial charge in [-0.1, -0.05) is 52.1 Å². The number of methoxy groups -OCH3 is 2. The van der Waals surface area contributed by atoms with Crippen LogP contribution in [-0.4, -0.2) is 14.2 Å². The number of hydrogen-bond donors (Lipinski definition) is 0. The topological polar surface area (TPSA) is 18.5 Å². The third-order valence-electron chi connectivity index (χ3n) is 2.94. The summed E-state index contributed by atoms with van der Waals surface area (Å²) in [5, 5.41) is 0. The Labute approximate surface area is 120 Å². The van der Waals surface area contributed by atoms with Crippen LogP contribution >= 0.6 is 31.9 Å². The van der Waals surface area contributed by atoms with Gasteiger partial charge in [0.2, 0.25) is 0 Å². The van der Waals surface area contributed by atoms with Crippen molar-refractivity contribution >= 4 is 31.9 Å². The molecule has 2 atom stereocenters. The zero-order chi connectivity index (χ0) is 13.0. The van der Waals surface area contributed by atoms with E-state index < -0.39 is 0 Å². The molecular weight excluding hydrogens is 348 g/mol. The Hall–Kier alpha value is -0.220. The van der Waals surface area contributed by atoms with E-state index in [0.29, 0.717) is 10.7 Å². The van der Waals surface area contributed by atoms with Crippen molar-refractivity contribution in [2.75, 3.05) is 14.2 Å². The number of hydrogen-bond acceptors (Lipinski definition) is 2. The first-order valence-corrected chi connectivity index (χ1v) is 7.31. The van der Waals surface area contributed by atoms with E-state index in [2.05, 4.69) is 45.7 Å². The van der Waals surface area contributed by atoms with Crippen LogP contribution in [0.2, 0.25) is 0 Å². The molecule has 1 aromatic rings. The predicted molar refractivity (Wildman–Crippen MR) is 78.4 cm³/mol. The van der Waals surface area contributed by atoms with Crippen molar-refractivity contribution in [2.24, 2.45) is 5.92 Å². The smallest absolute Gasteiger partial charge is 0.161 e. The summed E-state index contributed by atoms with van der Waals surface area (Å²) in [4.78, 5) is 0.307. The molecule has 0 amide bonds. The third-order valence-corrected chi connectivity index (χ3v) is 5.03. The molecule has 96 valence electrons. The van der Waals surface area contributed by atoms with Crippen molar-refractivity contribution in [1.82, 2.24) is 0 Å². The Bertz CT molecular complexity index is 380. The summed E-state index contributed by atoms with van der Waals surface area (Å²) in [7, 11) is 3.30. The molecule has 0 aliphatic carbocycles. The maximum absolute atomic E-state index is 5.33. The quantitative estimate of drug-likeness (QED) is 0.687. The second-order valence-corrected chi connectivity index (χ2v) is 5.86. The molecule has 0 aliphatic heterocycles. The standard InChI is InChI=1S/C13H18Br2O2/c1-5-8(2)13(15)9-6-11(16-3)12(17-4)7-10(9)14/h6-8,13H,5H2,1-4H3. The highest BCUT2D eigenvalue weighted by molar-refractivity contribution is 9.11. The van der Waals surface area contributed by atoms with Crippen molar-refractivity contribution in [2.45, 2.75) is 25.1 Å². The highest BCUT2D eigenvalue weighted by atomic mass is 79.9. The number of halogens is 2. The molecule has 17 heavy (non-hydrogen) atoms. The maximum atomic E-state index is 5.33. The zero-order valence-electron chi connectivity index (χ0n) is 10.6. The summed E-state index contributed by atoms with van der Waals surface area (Å²) in [6.45, 7) is 4.41. The SMILES string of the molecule is CCC(C)C(Br)c1cc(OC)c(OC)cc1Br. The monoisotopic (exact) mass is 364 g/mol. The average Bonchev–Trinajstić information content (AvgIpc) is 2.36. The van der Waals surface area contributed by atoms with Gasteiger partial charge in [0.15, 0.2) is 11.5 Å². The van der Waals surface area contributed by atoms with Gasteiger partial charge in [-0.15, -0.1) is 0 Å². The summed E-state index contributed by atoms with van der Waals surface area (Å²) < 4.78 is 11.6. The zero-order valence-corrected chi connectivity index (χ0v) is 13.8. The van der Waals surface area contributed by atoms with Gasteiger partial charge in [-0.3, -0.25) is 0 Å². The molecule has 0 aromatic heterocycles. The minimum absolute atomic E-state index is 0.307. The van der Waals surface area contributed by atoms with Gasteiger partial charge in [0.05, 0.1) is 14.2 Å². The average molecular weight is 366 g/mol. The Morgan fingerprint density at radius 2 is 1.71 bits per heavy atom. The van der Waals surface area contributed by atoms with Gasteiger partial charge in [-0.2, -0.15) is 0 Å². The van der Waals surface area contributed by atoms with Gasteiger partial charge < -0.3 is 9.47 Å². The first kappa shape index (κ1) is 14.8. The van der Waals surface area contributed by atoms with Crippen molar-refractivity contribution in [3.63, 3.8) is 0 Å². The molecule has 1 rings (SSSR count). The van der Waals surface area contributed by atoms with Crippen molar-refractivity contribution in [3.05, 3.63) is 22.2 Å². The third kappa shape index (κ3) is 3.38. The Morgan fingerprint density at radius 1 is 1.18 bits per heavy atom. The Morgan fingerprint density at radius 3 is 2.18 bits per heavy atom. The van der Waals surface area contributed by atoms with Crippen molar-refractivity contribution < 1.29 is 9.47 Å². The second kappa shape index (κ2) is 6.64. The van der Waals surface area contributed by atoms with Crippen molar-refractivity contribution in [3.8, 4) is 11.5 Å². The lowest BCUT2D eigenvalue weighted by atomic mass is 9.98. The van der Waals surface area contributed by atoms with Crippen molar-refractivity contribution in [1.29, 1.82) is 0 Å². The van der Waals surface area contributed by atoms with Gasteiger partial charge in [0, 0.05) is 9.30 Å². The lowest BCUT2D eigenvalue weighted by molar-refractivity contribution is 0.354. The van der Waals surface area contributed by atoms with Crippen LogP contribution in [0.1, 0.15) is 30.7 Å². The summed E-state index contributed by atoms with van der Waals surface area (Å²) in [5.41, 5.74) is 1.19. The molecule has 0 saturated carbocycles. The van der Waals surface area contributed by atoms with Crippen LogP contribution in [0.3, 0.4) is 0 Å². The molecule has 0 aliphatic rings. The molecule has 0 saturated heterocycles. The lowest BCUT2D eigenvalue weighted by Gasteiger charge is -2.20. The predicted octanol–water partition coefficient (Wildman–Crippen LogP) is 4.95. The second-order valence-electron chi connectivity index (χ2n) is 4.02. The van der Waals surface area contributed by atoms with Crippen LogP contribution < -0.4 is 9.47 Å². The van der Waals surface area contributed by atoms with Crippen LogP contribution in [0.25, 0.3) is 0 Å². The van der Waals surface area contributed by atoms with E-state index in [-0.39, 0.29) is 0 Å². The fourth-order valence-electron chi connectivity index (χ4n) is 1.59. The first-order chi connectivity index (χ1) is 8.04. The normalized spacial score (nSPS) is 14.2. The minimum atomic E-state index is 0.307. The van der Waals surface area contributed by atoms with Gasteiger partial charge in [-0.25, -0.2) is 0 Å². The molecule has 0 bridgehead atoms. The van der Waals surface area contributed by atoms with E-state index in [1.807, 2.05) is 12.1 Å². The summed E-state index contributed by atoms with van der Waals surface area (Å²) in [6, 6.07) is 3.97. The number of benzene rings is 1. The molecule has 0 N–H and O–H groups in total. The van der Waals surface area contributed by atoms with Gasteiger partial charge in [0.25, 0.3) is 0 Å². The van der Waals surface area contributed by atoms with Crippen LogP contribution in [0.4, 0.5) is 0 Å². The summed E-state index contributed by atoms with van der Waals surface area (Å²) in [5.74, 6) is 2.06. The molecular formula is C13H18Br2O2. The molecule has 4 heteroatoms. The van der Waals surface area contributed by atoms with Gasteiger partial charge in [0.1, 0.15) is 0 Å². The van der Waals surface area contributed by atoms with E-state index in [0.717, 1.165) is 22.4 Å². The first-order valence-electron chi connectivity index (χ1n) is 5.60. The Balaban J connectivity index is 3.16. The molecule has 0 spiro atoms. The van der Waals surface area contributed by atoms with Crippen LogP contribution in [0, 0.1) is 5.92 Å². The number of rotatable bonds is 5. The molecule has 0 heterocycles. The van der Waals surface area contributed by atoms with E-state index in [1.165, 1.54) is 5.56 Å². The van der Waals surface area contributed by atoms with E-state index in [4.69, 9.17) is 9.47 Å². The molecule has 2 nitrogen and oxygen atoms in total. The van der Waals surface area contributed by atoms with E-state index in [9.17, 15) is 0 Å². The van der Waals surface area contributed by atoms with Crippen LogP contribution in [-0.2, 0) is 0 Å². The van der Waals surface area contributed by atoms with Gasteiger partial charge in [-0.05, 0) is 23.6 Å². The highest BCUT2D eigenvalue weighted by Gasteiger charge is 2.19. The Kier molecular flexibility index (Phi) is 5.80. The summed E-state index contributed by atoms with van der Waals surface area (Å²) in [6.07, 6.45) is 1.12. The molecule has 0 radical (unpaired) electrons. The number of ether oxygens (including phenoxy) is 2. The minimum Gasteiger partial charge on any atom is -0.493 e. The largest absolute Gasteiger partial charge is 0.493 e. The fraction of sp³-hybridized carbons (Fsp3) is 0.538. The molecule has 1 aromatic carbocycles. The maximum Gasteiger partial charge on any atom is 0.161 e. The number of alkyl halides is 1.